The van der Waals surface area contributed by atoms with Crippen LogP contribution in [0.2, 0.25) is 0 Å². The van der Waals surface area contributed by atoms with Gasteiger partial charge in [0, 0.05) is 0 Å². The van der Waals surface area contributed by atoms with Crippen molar-refractivity contribution in [3.8, 4) is 0 Å². The van der Waals surface area contributed by atoms with E-state index < -0.39 is 0 Å². The molecule has 4 heteroatoms. The van der Waals surface area contributed by atoms with Crippen molar-refractivity contribution in [3.63, 3.8) is 0 Å². The standard InChI is InChI=1S/C15H14N2S2/c18-15-17-13(11-7-3-1-4-8-11)16-14(19-15)12-9-5-2-6-10-12/h1-10,13-14,16H,(H,17,18)/t13-,14-/m1/s1. The van der Waals surface area contributed by atoms with E-state index >= 15 is 0 Å². The Morgan fingerprint density at radius 1 is 0.842 bits per heavy atom. The molecule has 2 atom stereocenters. The zero-order valence-electron chi connectivity index (χ0n) is 10.2. The summed E-state index contributed by atoms with van der Waals surface area (Å²) in [6, 6.07) is 20.7. The Morgan fingerprint density at radius 3 is 2.05 bits per heavy atom. The third-order valence-corrected chi connectivity index (χ3v) is 4.42. The Bertz CT molecular complexity index is 507. The second-order valence-corrected chi connectivity index (χ2v) is 6.13. The molecular weight excluding hydrogens is 272 g/mol. The van der Waals surface area contributed by atoms with Crippen molar-refractivity contribution in [3.05, 3.63) is 71.8 Å². The topological polar surface area (TPSA) is 24.1 Å². The van der Waals surface area contributed by atoms with E-state index in [2.05, 4.69) is 47.0 Å². The summed E-state index contributed by atoms with van der Waals surface area (Å²) in [5.74, 6) is 0. The zero-order valence-corrected chi connectivity index (χ0v) is 11.9. The lowest BCUT2D eigenvalue weighted by Crippen LogP contribution is -2.42. The first kappa shape index (κ1) is 12.7. The summed E-state index contributed by atoms with van der Waals surface area (Å²) in [6.45, 7) is 0. The first-order valence-electron chi connectivity index (χ1n) is 6.16. The first-order valence-corrected chi connectivity index (χ1v) is 7.45. The molecule has 2 N–H and O–H groups in total. The van der Waals surface area contributed by atoms with Crippen LogP contribution < -0.4 is 10.6 Å². The number of rotatable bonds is 2. The fraction of sp³-hybridized carbons (Fsp3) is 0.133. The minimum atomic E-state index is 0.0696. The maximum atomic E-state index is 5.37. The molecule has 0 spiro atoms. The van der Waals surface area contributed by atoms with E-state index in [1.165, 1.54) is 11.1 Å². The maximum Gasteiger partial charge on any atom is 0.137 e. The Labute approximate surface area is 122 Å². The van der Waals surface area contributed by atoms with Gasteiger partial charge in [0.15, 0.2) is 0 Å². The molecule has 1 aliphatic rings. The van der Waals surface area contributed by atoms with Crippen molar-refractivity contribution in [2.75, 3.05) is 0 Å². The van der Waals surface area contributed by atoms with Gasteiger partial charge in [-0.05, 0) is 11.1 Å². The number of nitrogens with one attached hydrogen (secondary N) is 2. The second kappa shape index (κ2) is 5.74. The van der Waals surface area contributed by atoms with Gasteiger partial charge in [-0.25, -0.2) is 0 Å². The van der Waals surface area contributed by atoms with Gasteiger partial charge in [0.05, 0.1) is 5.37 Å². The van der Waals surface area contributed by atoms with Crippen LogP contribution in [0.4, 0.5) is 0 Å². The molecule has 2 nitrogen and oxygen atoms in total. The Kier molecular flexibility index (Phi) is 3.82. The van der Waals surface area contributed by atoms with E-state index in [4.69, 9.17) is 12.2 Å². The van der Waals surface area contributed by atoms with Crippen LogP contribution in [0.1, 0.15) is 22.7 Å². The van der Waals surface area contributed by atoms with Gasteiger partial charge in [0.2, 0.25) is 0 Å². The van der Waals surface area contributed by atoms with Gasteiger partial charge in [-0.1, -0.05) is 84.6 Å². The quantitative estimate of drug-likeness (QED) is 0.824. The third-order valence-electron chi connectivity index (χ3n) is 3.04. The Balaban J connectivity index is 1.84. The molecule has 2 aromatic carbocycles. The highest BCUT2D eigenvalue weighted by atomic mass is 32.2. The van der Waals surface area contributed by atoms with Crippen LogP contribution in [0, 0.1) is 0 Å². The highest BCUT2D eigenvalue weighted by Gasteiger charge is 2.26. The molecular formula is C15H14N2S2. The van der Waals surface area contributed by atoms with Gasteiger partial charge in [-0.3, -0.25) is 5.32 Å². The average Bonchev–Trinajstić information content (AvgIpc) is 2.48. The van der Waals surface area contributed by atoms with Crippen molar-refractivity contribution in [2.45, 2.75) is 11.5 Å². The number of hydrogen-bond donors (Lipinski definition) is 2. The molecule has 0 saturated carbocycles. The average molecular weight is 286 g/mol. The second-order valence-electron chi connectivity index (χ2n) is 4.35. The van der Waals surface area contributed by atoms with E-state index in [0.717, 1.165) is 4.32 Å². The van der Waals surface area contributed by atoms with Crippen LogP contribution in [0.3, 0.4) is 0 Å². The normalized spacial score (nSPS) is 22.8. The Hall–Kier alpha value is -1.36. The summed E-state index contributed by atoms with van der Waals surface area (Å²) in [6.07, 6.45) is 0.0696. The fourth-order valence-electron chi connectivity index (χ4n) is 2.10. The molecule has 1 aliphatic heterocycles. The van der Waals surface area contributed by atoms with E-state index in [0.29, 0.717) is 0 Å². The van der Waals surface area contributed by atoms with Crippen LogP contribution in [0.25, 0.3) is 0 Å². The lowest BCUT2D eigenvalue weighted by molar-refractivity contribution is 0.494. The first-order chi connectivity index (χ1) is 9.33. The van der Waals surface area contributed by atoms with Crippen molar-refractivity contribution in [1.29, 1.82) is 0 Å². The van der Waals surface area contributed by atoms with Crippen LogP contribution in [-0.4, -0.2) is 4.32 Å². The molecule has 1 heterocycles. The molecule has 96 valence electrons. The van der Waals surface area contributed by atoms with Gasteiger partial charge in [-0.2, -0.15) is 0 Å². The van der Waals surface area contributed by atoms with Gasteiger partial charge in [0.1, 0.15) is 10.5 Å². The lowest BCUT2D eigenvalue weighted by Gasteiger charge is -2.33. The van der Waals surface area contributed by atoms with Gasteiger partial charge < -0.3 is 5.32 Å². The van der Waals surface area contributed by atoms with Crippen molar-refractivity contribution in [1.82, 2.24) is 10.6 Å². The molecule has 1 fully saturated rings. The minimum absolute atomic E-state index is 0.0696. The molecule has 3 rings (SSSR count). The maximum absolute atomic E-state index is 5.37. The van der Waals surface area contributed by atoms with Gasteiger partial charge in [-0.15, -0.1) is 0 Å². The molecule has 0 amide bonds. The number of thiocarbonyl (C=S) groups is 1. The molecule has 0 unspecified atom stereocenters. The summed E-state index contributed by atoms with van der Waals surface area (Å²) < 4.78 is 0.835. The van der Waals surface area contributed by atoms with E-state index in [1.807, 2.05) is 24.3 Å². The van der Waals surface area contributed by atoms with Gasteiger partial charge in [0.25, 0.3) is 0 Å². The fourth-order valence-corrected chi connectivity index (χ4v) is 3.41. The molecule has 1 saturated heterocycles. The third kappa shape index (κ3) is 2.97. The van der Waals surface area contributed by atoms with Crippen LogP contribution in [-0.2, 0) is 0 Å². The molecule has 0 bridgehead atoms. The predicted octanol–water partition coefficient (Wildman–Crippen LogP) is 3.59. The Morgan fingerprint density at radius 2 is 1.42 bits per heavy atom. The lowest BCUT2D eigenvalue weighted by atomic mass is 10.1. The summed E-state index contributed by atoms with van der Waals surface area (Å²) in [5, 5.41) is 7.09. The van der Waals surface area contributed by atoms with Crippen LogP contribution in [0.15, 0.2) is 60.7 Å². The summed E-state index contributed by atoms with van der Waals surface area (Å²) in [7, 11) is 0. The van der Waals surface area contributed by atoms with Crippen molar-refractivity contribution in [2.24, 2.45) is 0 Å². The number of thioether (sulfide) groups is 1. The molecule has 0 aromatic heterocycles. The summed E-state index contributed by atoms with van der Waals surface area (Å²) in [5.41, 5.74) is 2.45. The summed E-state index contributed by atoms with van der Waals surface area (Å²) in [4.78, 5) is 0. The monoisotopic (exact) mass is 286 g/mol. The summed E-state index contributed by atoms with van der Waals surface area (Å²) >= 11 is 7.02. The molecule has 0 aliphatic carbocycles. The highest BCUT2D eigenvalue weighted by molar-refractivity contribution is 8.23. The molecule has 19 heavy (non-hydrogen) atoms. The van der Waals surface area contributed by atoms with Crippen LogP contribution >= 0.6 is 24.0 Å². The molecule has 2 aromatic rings. The van der Waals surface area contributed by atoms with Gasteiger partial charge >= 0.3 is 0 Å². The minimum Gasteiger partial charge on any atom is -0.352 e. The van der Waals surface area contributed by atoms with E-state index in [-0.39, 0.29) is 11.5 Å². The number of hydrogen-bond acceptors (Lipinski definition) is 3. The number of benzene rings is 2. The smallest absolute Gasteiger partial charge is 0.137 e. The predicted molar refractivity (Wildman–Crippen MR) is 84.8 cm³/mol. The zero-order chi connectivity index (χ0) is 13.1. The largest absolute Gasteiger partial charge is 0.352 e. The van der Waals surface area contributed by atoms with E-state index in [9.17, 15) is 0 Å². The van der Waals surface area contributed by atoms with Crippen molar-refractivity contribution >= 4 is 28.3 Å². The molecule has 0 radical (unpaired) electrons. The highest BCUT2D eigenvalue weighted by Crippen LogP contribution is 2.33. The van der Waals surface area contributed by atoms with Crippen molar-refractivity contribution < 1.29 is 0 Å². The SMILES string of the molecule is S=C1N[C@H](c2ccccc2)N[C@@H](c2ccccc2)S1. The van der Waals surface area contributed by atoms with E-state index in [1.54, 1.807) is 11.8 Å². The van der Waals surface area contributed by atoms with Crippen LogP contribution in [0.5, 0.6) is 0 Å².